The number of benzene rings is 2. The van der Waals surface area contributed by atoms with E-state index in [4.69, 9.17) is 0 Å². The van der Waals surface area contributed by atoms with E-state index in [1.165, 1.54) is 18.2 Å². The van der Waals surface area contributed by atoms with Gasteiger partial charge < -0.3 is 10.4 Å². The van der Waals surface area contributed by atoms with Crippen LogP contribution in [0.4, 0.5) is 18.9 Å². The highest BCUT2D eigenvalue weighted by molar-refractivity contribution is 9.10. The van der Waals surface area contributed by atoms with Gasteiger partial charge in [-0.25, -0.2) is 13.2 Å². The second kappa shape index (κ2) is 7.15. The molecule has 1 heterocycles. The molecule has 3 nitrogen and oxygen atoms in total. The third kappa shape index (κ3) is 3.49. The minimum Gasteiger partial charge on any atom is -0.507 e. The van der Waals surface area contributed by atoms with Crippen LogP contribution in [-0.4, -0.2) is 10.1 Å². The van der Waals surface area contributed by atoms with Crippen molar-refractivity contribution < 1.29 is 18.3 Å². The van der Waals surface area contributed by atoms with Gasteiger partial charge in [-0.3, -0.25) is 4.98 Å². The molecule has 7 heteroatoms. The fourth-order valence-corrected chi connectivity index (χ4v) is 3.21. The zero-order chi connectivity index (χ0) is 19.0. The first-order valence-corrected chi connectivity index (χ1v) is 8.70. The Morgan fingerprint density at radius 3 is 2.54 bits per heavy atom. The molecular formula is C19H16BrF3N2O. The number of hydrogen-bond donors (Lipinski definition) is 2. The van der Waals surface area contributed by atoms with Crippen LogP contribution in [0.2, 0.25) is 0 Å². The molecule has 0 saturated heterocycles. The molecule has 3 aromatic rings. The third-order valence-corrected chi connectivity index (χ3v) is 4.77. The van der Waals surface area contributed by atoms with Crippen LogP contribution >= 0.6 is 15.9 Å². The number of fused-ring (bicyclic) bond motifs is 1. The van der Waals surface area contributed by atoms with Crippen molar-refractivity contribution in [2.24, 2.45) is 0 Å². The zero-order valence-corrected chi connectivity index (χ0v) is 15.6. The summed E-state index contributed by atoms with van der Waals surface area (Å²) in [5.41, 5.74) is 1.49. The van der Waals surface area contributed by atoms with E-state index in [9.17, 15) is 18.3 Å². The van der Waals surface area contributed by atoms with Gasteiger partial charge in [0, 0.05) is 28.4 Å². The number of nitrogens with zero attached hydrogens (tertiary/aromatic N) is 1. The van der Waals surface area contributed by atoms with Gasteiger partial charge in [-0.2, -0.15) is 0 Å². The molecule has 1 aromatic heterocycles. The molecular weight excluding hydrogens is 409 g/mol. The van der Waals surface area contributed by atoms with Crippen LogP contribution in [0.1, 0.15) is 36.2 Å². The van der Waals surface area contributed by atoms with E-state index in [1.807, 2.05) is 0 Å². The fraction of sp³-hybridized carbons (Fsp3) is 0.211. The Morgan fingerprint density at radius 2 is 1.85 bits per heavy atom. The van der Waals surface area contributed by atoms with Gasteiger partial charge in [-0.05, 0) is 41.9 Å². The number of hydrogen-bond acceptors (Lipinski definition) is 3. The van der Waals surface area contributed by atoms with E-state index in [0.717, 1.165) is 11.5 Å². The molecule has 2 N–H and O–H groups in total. The van der Waals surface area contributed by atoms with Crippen LogP contribution in [0.25, 0.3) is 10.9 Å². The largest absolute Gasteiger partial charge is 0.507 e. The van der Waals surface area contributed by atoms with Crippen LogP contribution < -0.4 is 5.32 Å². The van der Waals surface area contributed by atoms with Crippen LogP contribution in [0.5, 0.6) is 5.75 Å². The maximum atomic E-state index is 14.4. The van der Waals surface area contributed by atoms with Gasteiger partial charge in [0.15, 0.2) is 0 Å². The summed E-state index contributed by atoms with van der Waals surface area (Å²) in [4.78, 5) is 4.38. The van der Waals surface area contributed by atoms with E-state index in [2.05, 4.69) is 26.2 Å². The average molecular weight is 425 g/mol. The normalized spacial score (nSPS) is 12.6. The first kappa shape index (κ1) is 18.5. The molecule has 0 saturated carbocycles. The summed E-state index contributed by atoms with van der Waals surface area (Å²) in [6.45, 7) is 3.50. The number of halogens is 4. The molecule has 3 rings (SSSR count). The Hall–Kier alpha value is -2.28. The van der Waals surface area contributed by atoms with Crippen molar-refractivity contribution in [2.45, 2.75) is 26.3 Å². The monoisotopic (exact) mass is 424 g/mol. The summed E-state index contributed by atoms with van der Waals surface area (Å²) in [5, 5.41) is 13.7. The standard InChI is InChI=1S/C19H16BrF3N2O/c1-9-6-15(13-7-14(20)17(26)8-16(13)24-9)25-10(2)11-4-3-5-12(18(11)21)19(22)23/h3-8,10,19,26H,1-2H3,(H,24,25)/t10-/m1/s1. The van der Waals surface area contributed by atoms with Gasteiger partial charge in [0.25, 0.3) is 6.43 Å². The highest BCUT2D eigenvalue weighted by Gasteiger charge is 2.20. The van der Waals surface area contributed by atoms with E-state index in [-0.39, 0.29) is 11.3 Å². The SMILES string of the molecule is Cc1cc(N[C@H](C)c2cccc(C(F)F)c2F)c2cc(Br)c(O)cc2n1. The van der Waals surface area contributed by atoms with E-state index < -0.39 is 23.8 Å². The highest BCUT2D eigenvalue weighted by Crippen LogP contribution is 2.35. The summed E-state index contributed by atoms with van der Waals surface area (Å²) in [6, 6.07) is 8.46. The maximum absolute atomic E-state index is 14.4. The Morgan fingerprint density at radius 1 is 1.15 bits per heavy atom. The third-order valence-electron chi connectivity index (χ3n) is 4.14. The number of phenolic OH excluding ortho intramolecular Hbond substituents is 1. The Labute approximate surface area is 157 Å². The van der Waals surface area contributed by atoms with Crippen molar-refractivity contribution in [3.8, 4) is 5.75 Å². The van der Waals surface area contributed by atoms with Crippen molar-refractivity contribution in [1.82, 2.24) is 4.98 Å². The molecule has 0 aliphatic carbocycles. The zero-order valence-electron chi connectivity index (χ0n) is 14.0. The van der Waals surface area contributed by atoms with Crippen LogP contribution in [0.3, 0.4) is 0 Å². The molecule has 0 aliphatic heterocycles. The summed E-state index contributed by atoms with van der Waals surface area (Å²) in [5.74, 6) is -0.846. The first-order chi connectivity index (χ1) is 12.3. The predicted octanol–water partition coefficient (Wildman–Crippen LogP) is 6.26. The number of rotatable bonds is 4. The lowest BCUT2D eigenvalue weighted by Gasteiger charge is -2.19. The summed E-state index contributed by atoms with van der Waals surface area (Å²) in [7, 11) is 0. The average Bonchev–Trinajstić information content (AvgIpc) is 2.56. The van der Waals surface area contributed by atoms with Crippen molar-refractivity contribution in [3.05, 3.63) is 63.5 Å². The van der Waals surface area contributed by atoms with Gasteiger partial charge in [0.1, 0.15) is 11.6 Å². The van der Waals surface area contributed by atoms with Gasteiger partial charge >= 0.3 is 0 Å². The number of nitrogens with one attached hydrogen (secondary N) is 1. The molecule has 0 fully saturated rings. The minimum atomic E-state index is -2.87. The van der Waals surface area contributed by atoms with Gasteiger partial charge in [0.05, 0.1) is 21.6 Å². The Balaban J connectivity index is 2.04. The smallest absolute Gasteiger partial charge is 0.266 e. The summed E-state index contributed by atoms with van der Waals surface area (Å²) in [6.07, 6.45) is -2.87. The molecule has 2 aromatic carbocycles. The maximum Gasteiger partial charge on any atom is 0.266 e. The van der Waals surface area contributed by atoms with Crippen LogP contribution in [0.15, 0.2) is 40.9 Å². The molecule has 1 atom stereocenters. The second-order valence-electron chi connectivity index (χ2n) is 6.05. The summed E-state index contributed by atoms with van der Waals surface area (Å²) >= 11 is 3.27. The van der Waals surface area contributed by atoms with Crippen molar-refractivity contribution in [2.75, 3.05) is 5.32 Å². The number of pyridine rings is 1. The number of aromatic nitrogens is 1. The van der Waals surface area contributed by atoms with Crippen molar-refractivity contribution >= 4 is 32.5 Å². The van der Waals surface area contributed by atoms with Crippen LogP contribution in [-0.2, 0) is 0 Å². The molecule has 0 amide bonds. The predicted molar refractivity (Wildman–Crippen MR) is 99.2 cm³/mol. The number of anilines is 1. The second-order valence-corrected chi connectivity index (χ2v) is 6.90. The van der Waals surface area contributed by atoms with Gasteiger partial charge in [-0.1, -0.05) is 18.2 Å². The molecule has 26 heavy (non-hydrogen) atoms. The highest BCUT2D eigenvalue weighted by atomic mass is 79.9. The molecule has 0 unspecified atom stereocenters. The lowest BCUT2D eigenvalue weighted by molar-refractivity contribution is 0.146. The van der Waals surface area contributed by atoms with Crippen molar-refractivity contribution in [1.29, 1.82) is 0 Å². The fourth-order valence-electron chi connectivity index (χ4n) is 2.87. The quantitative estimate of drug-likeness (QED) is 0.519. The molecule has 0 radical (unpaired) electrons. The lowest BCUT2D eigenvalue weighted by atomic mass is 10.0. The minimum absolute atomic E-state index is 0.0604. The van der Waals surface area contributed by atoms with Crippen molar-refractivity contribution in [3.63, 3.8) is 0 Å². The van der Waals surface area contributed by atoms with E-state index >= 15 is 0 Å². The summed E-state index contributed by atoms with van der Waals surface area (Å²) < 4.78 is 40.8. The first-order valence-electron chi connectivity index (χ1n) is 7.90. The topological polar surface area (TPSA) is 45.1 Å². The molecule has 0 spiro atoms. The molecule has 0 bridgehead atoms. The number of alkyl halides is 2. The van der Waals surface area contributed by atoms with E-state index in [1.54, 1.807) is 26.0 Å². The number of aryl methyl sites for hydroxylation is 1. The van der Waals surface area contributed by atoms with Gasteiger partial charge in [-0.15, -0.1) is 0 Å². The number of phenols is 1. The molecule has 136 valence electrons. The Kier molecular flexibility index (Phi) is 5.09. The van der Waals surface area contributed by atoms with E-state index in [0.29, 0.717) is 21.4 Å². The van der Waals surface area contributed by atoms with Gasteiger partial charge in [0.2, 0.25) is 0 Å². The molecule has 0 aliphatic rings. The lowest BCUT2D eigenvalue weighted by Crippen LogP contribution is -2.11. The Bertz CT molecular complexity index is 979. The van der Waals surface area contributed by atoms with Crippen LogP contribution in [0, 0.1) is 12.7 Å². The number of aromatic hydroxyl groups is 1.